The van der Waals surface area contributed by atoms with Gasteiger partial charge in [0.05, 0.1) is 0 Å². The minimum atomic E-state index is 0.475. The van der Waals surface area contributed by atoms with E-state index in [0.717, 1.165) is 36.4 Å². The molecule has 0 unspecified atom stereocenters. The normalized spacial score (nSPS) is 20.2. The smallest absolute Gasteiger partial charge is 0.130 e. The van der Waals surface area contributed by atoms with Crippen LogP contribution in [0.2, 0.25) is 0 Å². The molecule has 1 fully saturated rings. The van der Waals surface area contributed by atoms with Crippen LogP contribution in [0.1, 0.15) is 24.8 Å². The largest absolute Gasteiger partial charge is 0.344 e. The van der Waals surface area contributed by atoms with Crippen LogP contribution in [0.4, 0.5) is 5.82 Å². The number of nitrogens with zero attached hydrogens (tertiary/aromatic N) is 2. The second kappa shape index (κ2) is 6.57. The lowest BCUT2D eigenvalue weighted by molar-refractivity contribution is 0.424. The van der Waals surface area contributed by atoms with Crippen molar-refractivity contribution in [3.63, 3.8) is 0 Å². The van der Waals surface area contributed by atoms with E-state index in [9.17, 15) is 0 Å². The van der Waals surface area contributed by atoms with Crippen molar-refractivity contribution in [2.75, 3.05) is 18.4 Å². The Morgan fingerprint density at radius 1 is 1.25 bits per heavy atom. The molecule has 2 N–H and O–H groups in total. The van der Waals surface area contributed by atoms with Gasteiger partial charge in [0.1, 0.15) is 5.82 Å². The molecule has 0 bridgehead atoms. The molecule has 2 aromatic rings. The highest BCUT2D eigenvalue weighted by molar-refractivity contribution is 5.91. The predicted octanol–water partition coefficient (Wildman–Crippen LogP) is 3.98. The van der Waals surface area contributed by atoms with E-state index in [1.165, 1.54) is 29.4 Å². The monoisotopic (exact) mass is 318 g/mol. The number of benzene rings is 1. The number of fused-ring (bicyclic) bond motifs is 1. The number of hydrogen-bond donors (Lipinski definition) is 2. The van der Waals surface area contributed by atoms with Gasteiger partial charge in [-0.1, -0.05) is 18.7 Å². The van der Waals surface area contributed by atoms with E-state index in [2.05, 4.69) is 51.5 Å². The van der Waals surface area contributed by atoms with Crippen LogP contribution in [0.5, 0.6) is 0 Å². The molecule has 0 aliphatic carbocycles. The molecule has 0 spiro atoms. The third kappa shape index (κ3) is 3.10. The van der Waals surface area contributed by atoms with Crippen molar-refractivity contribution in [1.29, 1.82) is 0 Å². The van der Waals surface area contributed by atoms with Crippen LogP contribution in [0, 0.1) is 5.92 Å². The second-order valence-electron chi connectivity index (χ2n) is 6.52. The van der Waals surface area contributed by atoms with Crippen LogP contribution in [0.25, 0.3) is 16.3 Å². The van der Waals surface area contributed by atoms with Crippen molar-refractivity contribution in [3.05, 3.63) is 54.5 Å². The first-order valence-electron chi connectivity index (χ1n) is 8.57. The van der Waals surface area contributed by atoms with Crippen LogP contribution in [0.15, 0.2) is 53.9 Å². The Hall–Kier alpha value is -2.46. The minimum Gasteiger partial charge on any atom is -0.344 e. The summed E-state index contributed by atoms with van der Waals surface area (Å²) < 4.78 is 0. The Labute approximate surface area is 142 Å². The summed E-state index contributed by atoms with van der Waals surface area (Å²) in [6.07, 6.45) is 9.11. The maximum absolute atomic E-state index is 4.54. The van der Waals surface area contributed by atoms with Gasteiger partial charge < -0.3 is 10.6 Å². The summed E-state index contributed by atoms with van der Waals surface area (Å²) in [5.74, 6) is 1.34. The molecule has 3 heterocycles. The highest BCUT2D eigenvalue weighted by Gasteiger charge is 2.16. The molecule has 1 aromatic carbocycles. The number of pyridine rings is 1. The zero-order chi connectivity index (χ0) is 16.4. The van der Waals surface area contributed by atoms with Gasteiger partial charge in [-0.3, -0.25) is 4.99 Å². The average molecular weight is 318 g/mol. The molecule has 0 saturated carbocycles. The summed E-state index contributed by atoms with van der Waals surface area (Å²) in [6.45, 7) is 6.33. The van der Waals surface area contributed by atoms with E-state index >= 15 is 0 Å². The highest BCUT2D eigenvalue weighted by atomic mass is 15.0. The first-order chi connectivity index (χ1) is 11.8. The molecular formula is C20H22N4. The Morgan fingerprint density at radius 2 is 2.21 bits per heavy atom. The van der Waals surface area contributed by atoms with Crippen LogP contribution in [-0.4, -0.2) is 24.3 Å². The number of piperidine rings is 1. The fourth-order valence-corrected chi connectivity index (χ4v) is 3.36. The van der Waals surface area contributed by atoms with Crippen LogP contribution in [0.3, 0.4) is 0 Å². The Bertz CT molecular complexity index is 829. The molecule has 0 amide bonds. The van der Waals surface area contributed by atoms with Crippen molar-refractivity contribution in [3.8, 4) is 0 Å². The van der Waals surface area contributed by atoms with Gasteiger partial charge >= 0.3 is 0 Å². The van der Waals surface area contributed by atoms with Gasteiger partial charge in [0.2, 0.25) is 0 Å². The SMILES string of the molecule is C=C(Nc1cc2cc(C3=CN=CC3)ccc2cn1)[C@@H]1CCCNC1. The topological polar surface area (TPSA) is 49.3 Å². The van der Waals surface area contributed by atoms with Gasteiger partial charge in [-0.25, -0.2) is 4.98 Å². The molecule has 4 rings (SSSR count). The first-order valence-corrected chi connectivity index (χ1v) is 8.57. The second-order valence-corrected chi connectivity index (χ2v) is 6.52. The number of rotatable bonds is 4. The van der Waals surface area contributed by atoms with Gasteiger partial charge in [-0.2, -0.15) is 0 Å². The summed E-state index contributed by atoms with van der Waals surface area (Å²) in [4.78, 5) is 8.74. The lowest BCUT2D eigenvalue weighted by Gasteiger charge is -2.25. The summed E-state index contributed by atoms with van der Waals surface area (Å²) >= 11 is 0. The molecule has 1 aromatic heterocycles. The third-order valence-corrected chi connectivity index (χ3v) is 4.82. The zero-order valence-corrected chi connectivity index (χ0v) is 13.8. The molecule has 4 nitrogen and oxygen atoms in total. The lowest BCUT2D eigenvalue weighted by Crippen LogP contribution is -2.32. The molecule has 4 heteroatoms. The molecule has 2 aliphatic heterocycles. The van der Waals surface area contributed by atoms with Gasteiger partial charge in [-0.15, -0.1) is 0 Å². The molecule has 0 radical (unpaired) electrons. The standard InChI is InChI=1S/C20H22N4/c1-14(16-3-2-7-21-11-16)24-20-10-19-9-15(18-6-8-22-12-18)4-5-17(19)13-23-20/h4-5,8-10,12-13,16,21H,1-3,6-7,11H2,(H,23,24)/t16-/m1/s1. The lowest BCUT2D eigenvalue weighted by atomic mass is 9.97. The summed E-state index contributed by atoms with van der Waals surface area (Å²) in [6, 6.07) is 8.59. The Kier molecular flexibility index (Phi) is 4.13. The minimum absolute atomic E-state index is 0.475. The number of anilines is 1. The maximum Gasteiger partial charge on any atom is 0.130 e. The summed E-state index contributed by atoms with van der Waals surface area (Å²) in [5.41, 5.74) is 3.55. The molecule has 1 saturated heterocycles. The molecular weight excluding hydrogens is 296 g/mol. The number of nitrogens with one attached hydrogen (secondary N) is 2. The number of aliphatic imine (C=N–C) groups is 1. The molecule has 122 valence electrons. The Balaban J connectivity index is 1.56. The molecule has 2 aliphatic rings. The molecule has 1 atom stereocenters. The van der Waals surface area contributed by atoms with Crippen molar-refractivity contribution >= 4 is 28.4 Å². The predicted molar refractivity (Wildman–Crippen MR) is 101 cm³/mol. The first kappa shape index (κ1) is 15.1. The number of allylic oxidation sites excluding steroid dienone is 1. The number of hydrogen-bond acceptors (Lipinski definition) is 4. The van der Waals surface area contributed by atoms with E-state index in [1.807, 2.05) is 18.6 Å². The van der Waals surface area contributed by atoms with Gasteiger partial charge in [0.15, 0.2) is 0 Å². The zero-order valence-electron chi connectivity index (χ0n) is 13.8. The van der Waals surface area contributed by atoms with Crippen molar-refractivity contribution in [1.82, 2.24) is 10.3 Å². The van der Waals surface area contributed by atoms with Gasteiger partial charge in [-0.05, 0) is 48.0 Å². The summed E-state index contributed by atoms with van der Waals surface area (Å²) in [7, 11) is 0. The average Bonchev–Trinajstić information content (AvgIpc) is 3.16. The van der Waals surface area contributed by atoms with Crippen molar-refractivity contribution < 1.29 is 0 Å². The number of aromatic nitrogens is 1. The van der Waals surface area contributed by atoms with E-state index in [4.69, 9.17) is 0 Å². The van der Waals surface area contributed by atoms with Crippen LogP contribution in [-0.2, 0) is 0 Å². The quantitative estimate of drug-likeness (QED) is 0.896. The van der Waals surface area contributed by atoms with E-state index < -0.39 is 0 Å². The van der Waals surface area contributed by atoms with E-state index in [0.29, 0.717) is 5.92 Å². The fraction of sp³-hybridized carbons (Fsp3) is 0.300. The van der Waals surface area contributed by atoms with Gasteiger partial charge in [0, 0.05) is 48.6 Å². The van der Waals surface area contributed by atoms with E-state index in [1.54, 1.807) is 0 Å². The molecule has 24 heavy (non-hydrogen) atoms. The van der Waals surface area contributed by atoms with Crippen molar-refractivity contribution in [2.45, 2.75) is 19.3 Å². The van der Waals surface area contributed by atoms with Crippen LogP contribution >= 0.6 is 0 Å². The highest BCUT2D eigenvalue weighted by Crippen LogP contribution is 2.27. The fourth-order valence-electron chi connectivity index (χ4n) is 3.36. The van der Waals surface area contributed by atoms with Crippen LogP contribution < -0.4 is 10.6 Å². The third-order valence-electron chi connectivity index (χ3n) is 4.82. The summed E-state index contributed by atoms with van der Waals surface area (Å²) in [5, 5.41) is 9.17. The Morgan fingerprint density at radius 3 is 3.00 bits per heavy atom. The van der Waals surface area contributed by atoms with Crippen molar-refractivity contribution in [2.24, 2.45) is 10.9 Å². The maximum atomic E-state index is 4.54. The van der Waals surface area contributed by atoms with Gasteiger partial charge in [0.25, 0.3) is 0 Å². The van der Waals surface area contributed by atoms with E-state index in [-0.39, 0.29) is 0 Å².